The predicted octanol–water partition coefficient (Wildman–Crippen LogP) is 1.16. The van der Waals surface area contributed by atoms with Crippen LogP contribution in [-0.2, 0) is 10.0 Å². The van der Waals surface area contributed by atoms with Gasteiger partial charge in [0.25, 0.3) is 0 Å². The number of rotatable bonds is 6. The monoisotopic (exact) mass is 302 g/mol. The number of anilines is 1. The fourth-order valence-corrected chi connectivity index (χ4v) is 3.63. The molecule has 1 aliphatic rings. The van der Waals surface area contributed by atoms with Gasteiger partial charge in [-0.2, -0.15) is 0 Å². The molecule has 4 N–H and O–H groups in total. The first-order chi connectivity index (χ1) is 9.30. The van der Waals surface area contributed by atoms with E-state index in [1.54, 1.807) is 0 Å². The summed E-state index contributed by atoms with van der Waals surface area (Å²) in [5, 5.41) is 8.96. The summed E-state index contributed by atoms with van der Waals surface area (Å²) < 4.78 is 40.3. The lowest BCUT2D eigenvalue weighted by molar-refractivity contribution is 0.249. The maximum atomic E-state index is 13.3. The van der Waals surface area contributed by atoms with Gasteiger partial charge in [0.15, 0.2) is 0 Å². The molecule has 0 unspecified atom stereocenters. The lowest BCUT2D eigenvalue weighted by Crippen LogP contribution is -2.31. The molecule has 7 heteroatoms. The second-order valence-corrected chi connectivity index (χ2v) is 7.17. The van der Waals surface area contributed by atoms with Crippen LogP contribution >= 0.6 is 0 Å². The number of benzene rings is 1. The maximum absolute atomic E-state index is 13.3. The van der Waals surface area contributed by atoms with Gasteiger partial charge in [0.2, 0.25) is 10.0 Å². The van der Waals surface area contributed by atoms with Gasteiger partial charge in [0, 0.05) is 13.2 Å². The number of nitrogens with two attached hydrogens (primary N) is 1. The lowest BCUT2D eigenvalue weighted by Gasteiger charge is -2.16. The van der Waals surface area contributed by atoms with Gasteiger partial charge in [-0.1, -0.05) is 0 Å². The number of aryl methyl sites for hydroxylation is 1. The highest BCUT2D eigenvalue weighted by Crippen LogP contribution is 2.48. The van der Waals surface area contributed by atoms with Crippen LogP contribution in [0, 0.1) is 18.2 Å². The van der Waals surface area contributed by atoms with Gasteiger partial charge in [-0.3, -0.25) is 0 Å². The summed E-state index contributed by atoms with van der Waals surface area (Å²) in [6.07, 6.45) is 2.39. The highest BCUT2D eigenvalue weighted by Gasteiger charge is 2.42. The Hall–Kier alpha value is -1.18. The average molecular weight is 302 g/mol. The molecule has 0 spiro atoms. The third-order valence-electron chi connectivity index (χ3n) is 3.82. The molecule has 0 amide bonds. The van der Waals surface area contributed by atoms with Crippen LogP contribution in [0.2, 0.25) is 0 Å². The van der Waals surface area contributed by atoms with Crippen molar-refractivity contribution in [2.75, 3.05) is 18.9 Å². The summed E-state index contributed by atoms with van der Waals surface area (Å²) in [5.74, 6) is -0.625. The van der Waals surface area contributed by atoms with Crippen LogP contribution in [0.15, 0.2) is 17.0 Å². The molecular weight excluding hydrogens is 283 g/mol. The first kappa shape index (κ1) is 15.2. The van der Waals surface area contributed by atoms with Crippen LogP contribution in [0.25, 0.3) is 0 Å². The minimum Gasteiger partial charge on any atom is -0.396 e. The Kier molecular flexibility index (Phi) is 4.04. The largest absolute Gasteiger partial charge is 0.396 e. The van der Waals surface area contributed by atoms with Crippen LogP contribution in [0.4, 0.5) is 10.1 Å². The number of halogens is 1. The van der Waals surface area contributed by atoms with E-state index in [0.717, 1.165) is 25.0 Å². The average Bonchev–Trinajstić information content (AvgIpc) is 3.12. The Labute approximate surface area is 118 Å². The molecule has 1 saturated carbocycles. The number of aliphatic hydroxyl groups is 1. The Morgan fingerprint density at radius 3 is 2.65 bits per heavy atom. The SMILES string of the molecule is Cc1cc(F)c(N)cc1S(=O)(=O)NCC1(CCO)CC1. The van der Waals surface area contributed by atoms with Crippen molar-refractivity contribution < 1.29 is 17.9 Å². The van der Waals surface area contributed by atoms with E-state index < -0.39 is 15.8 Å². The van der Waals surface area contributed by atoms with Crippen molar-refractivity contribution in [1.29, 1.82) is 0 Å². The van der Waals surface area contributed by atoms with E-state index in [4.69, 9.17) is 10.8 Å². The molecule has 5 nitrogen and oxygen atoms in total. The number of nitrogens with one attached hydrogen (secondary N) is 1. The molecule has 0 bridgehead atoms. The highest BCUT2D eigenvalue weighted by molar-refractivity contribution is 7.89. The molecule has 0 atom stereocenters. The predicted molar refractivity (Wildman–Crippen MR) is 74.1 cm³/mol. The van der Waals surface area contributed by atoms with Crippen LogP contribution in [-0.4, -0.2) is 26.7 Å². The number of hydrogen-bond acceptors (Lipinski definition) is 4. The van der Waals surface area contributed by atoms with E-state index in [1.165, 1.54) is 6.92 Å². The van der Waals surface area contributed by atoms with Crippen molar-refractivity contribution >= 4 is 15.7 Å². The first-order valence-corrected chi connectivity index (χ1v) is 7.94. The fraction of sp³-hybridized carbons (Fsp3) is 0.538. The topological polar surface area (TPSA) is 92.4 Å². The lowest BCUT2D eigenvalue weighted by atomic mass is 10.0. The van der Waals surface area contributed by atoms with Gasteiger partial charge in [-0.15, -0.1) is 0 Å². The molecule has 112 valence electrons. The molecule has 0 aliphatic heterocycles. The van der Waals surface area contributed by atoms with Crippen molar-refractivity contribution in [2.45, 2.75) is 31.1 Å². The Morgan fingerprint density at radius 1 is 1.45 bits per heavy atom. The Balaban J connectivity index is 2.17. The summed E-state index contributed by atoms with van der Waals surface area (Å²) in [4.78, 5) is -0.00352. The molecule has 2 rings (SSSR count). The van der Waals surface area contributed by atoms with Crippen LogP contribution in [0.3, 0.4) is 0 Å². The zero-order valence-corrected chi connectivity index (χ0v) is 12.1. The summed E-state index contributed by atoms with van der Waals surface area (Å²) >= 11 is 0. The third-order valence-corrected chi connectivity index (χ3v) is 5.36. The smallest absolute Gasteiger partial charge is 0.240 e. The Morgan fingerprint density at radius 2 is 2.10 bits per heavy atom. The second kappa shape index (κ2) is 5.31. The van der Waals surface area contributed by atoms with Crippen molar-refractivity contribution in [1.82, 2.24) is 4.72 Å². The van der Waals surface area contributed by atoms with E-state index >= 15 is 0 Å². The van der Waals surface area contributed by atoms with E-state index in [1.807, 2.05) is 0 Å². The van der Waals surface area contributed by atoms with Crippen molar-refractivity contribution in [3.8, 4) is 0 Å². The van der Waals surface area contributed by atoms with Crippen molar-refractivity contribution in [2.24, 2.45) is 5.41 Å². The maximum Gasteiger partial charge on any atom is 0.240 e. The molecule has 0 saturated heterocycles. The summed E-state index contributed by atoms with van der Waals surface area (Å²) in [6.45, 7) is 1.86. The zero-order chi connectivity index (χ0) is 15.0. The number of hydrogen-bond donors (Lipinski definition) is 3. The van der Waals surface area contributed by atoms with E-state index in [0.29, 0.717) is 12.0 Å². The molecule has 1 aliphatic carbocycles. The standard InChI is InChI=1S/C13H19FN2O3S/c1-9-6-10(14)11(15)7-12(9)20(18,19)16-8-13(2-3-13)4-5-17/h6-7,16-17H,2-5,8,15H2,1H3. The van der Waals surface area contributed by atoms with Crippen molar-refractivity contribution in [3.63, 3.8) is 0 Å². The highest BCUT2D eigenvalue weighted by atomic mass is 32.2. The third kappa shape index (κ3) is 3.11. The van der Waals surface area contributed by atoms with E-state index in [2.05, 4.69) is 4.72 Å². The summed E-state index contributed by atoms with van der Waals surface area (Å²) in [5.41, 5.74) is 5.43. The van der Waals surface area contributed by atoms with Crippen LogP contribution in [0.5, 0.6) is 0 Å². The molecular formula is C13H19FN2O3S. The van der Waals surface area contributed by atoms with Gasteiger partial charge in [0.05, 0.1) is 10.6 Å². The van der Waals surface area contributed by atoms with Gasteiger partial charge < -0.3 is 10.8 Å². The van der Waals surface area contributed by atoms with E-state index in [9.17, 15) is 12.8 Å². The number of aliphatic hydroxyl groups excluding tert-OH is 1. The van der Waals surface area contributed by atoms with Crippen LogP contribution in [0.1, 0.15) is 24.8 Å². The fourth-order valence-electron chi connectivity index (χ4n) is 2.21. The first-order valence-electron chi connectivity index (χ1n) is 6.46. The van der Waals surface area contributed by atoms with E-state index in [-0.39, 0.29) is 29.1 Å². The summed E-state index contributed by atoms with van der Waals surface area (Å²) in [6, 6.07) is 2.25. The van der Waals surface area contributed by atoms with Gasteiger partial charge in [-0.05, 0) is 49.3 Å². The normalized spacial score (nSPS) is 17.1. The number of nitrogen functional groups attached to an aromatic ring is 1. The van der Waals surface area contributed by atoms with Gasteiger partial charge in [0.1, 0.15) is 5.82 Å². The number of sulfonamides is 1. The zero-order valence-electron chi connectivity index (χ0n) is 11.3. The molecule has 0 aromatic heterocycles. The minimum absolute atomic E-state index is 0.00352. The quantitative estimate of drug-likeness (QED) is 0.687. The molecule has 0 heterocycles. The second-order valence-electron chi connectivity index (χ2n) is 5.44. The molecule has 1 fully saturated rings. The van der Waals surface area contributed by atoms with Gasteiger partial charge >= 0.3 is 0 Å². The molecule has 1 aromatic carbocycles. The molecule has 20 heavy (non-hydrogen) atoms. The minimum atomic E-state index is -3.72. The van der Waals surface area contributed by atoms with Crippen molar-refractivity contribution in [3.05, 3.63) is 23.5 Å². The van der Waals surface area contributed by atoms with Gasteiger partial charge in [-0.25, -0.2) is 17.5 Å². The molecule has 0 radical (unpaired) electrons. The summed E-state index contributed by atoms with van der Waals surface area (Å²) in [7, 11) is -3.72. The molecule has 1 aromatic rings. The Bertz CT molecular complexity index is 612. The van der Waals surface area contributed by atoms with Crippen LogP contribution < -0.4 is 10.5 Å².